The minimum atomic E-state index is -1.29. The second-order valence-corrected chi connectivity index (χ2v) is 17.9. The summed E-state index contributed by atoms with van der Waals surface area (Å²) in [4.78, 5) is 38.2. The number of aryl methyl sites for hydroxylation is 1. The average Bonchev–Trinajstić information content (AvgIpc) is 3.81. The van der Waals surface area contributed by atoms with Gasteiger partial charge in [0.05, 0.1) is 6.61 Å². The number of nitrogen functional groups attached to an aromatic ring is 1. The summed E-state index contributed by atoms with van der Waals surface area (Å²) in [5.41, 5.74) is 10.4. The lowest BCUT2D eigenvalue weighted by Crippen LogP contribution is -2.57. The number of ether oxygens (including phenoxy) is 2. The number of carbonyl (C=O) groups excluding carboxylic acids is 1. The highest BCUT2D eigenvalue weighted by Gasteiger charge is 2.54. The number of aromatic nitrogens is 2. The largest absolute Gasteiger partial charge is 0.508 e. The number of benzene rings is 2. The van der Waals surface area contributed by atoms with Crippen LogP contribution < -0.4 is 21.2 Å². The number of pyridine rings is 2. The Morgan fingerprint density at radius 3 is 2.57 bits per heavy atom. The highest BCUT2D eigenvalue weighted by Crippen LogP contribution is 2.58. The first kappa shape index (κ1) is 42.4. The maximum atomic E-state index is 14.6. The number of nitrogens with two attached hydrogens (primary N) is 1. The lowest BCUT2D eigenvalue weighted by molar-refractivity contribution is -0.166. The Morgan fingerprint density at radius 2 is 1.86 bits per heavy atom. The fourth-order valence-electron chi connectivity index (χ4n) is 11.3. The van der Waals surface area contributed by atoms with E-state index in [1.54, 1.807) is 18.3 Å². The standard InChI is InChI=1S/C50H56N4O9/c1-4-33(27-8-6-7-9-27)49(60)62-39-22-36-45(59)43-38(58)21-32(24-55)61-47(43)44-42-34-16-17-53-48(51)41(34)29(12-11-28-13-14-31(57)20-35(28)37(42)25-56)19-30(50(39,3)63-46(36)44)18-26-10-15-40(52-5-2)54-23-26/h4,10,13-17,20-21,23,27,29-30,37,39,42,55-57,59H,5-9,11-12,18-19,22,24-25H2,1-3H3,(H2,51,53)(H,52,54)/b33-4-/t29-,30+,37+,39+,42+,50-/m0/s1. The van der Waals surface area contributed by atoms with E-state index in [0.717, 1.165) is 59.8 Å². The number of hydrogen-bond donors (Lipinski definition) is 6. The SMILES string of the molecule is C/C=C(\C(=O)O[C@@H]1Cc2c3c(c4oc(CO)cc(=O)c4c2O)[C@@H]2c4ccnc(N)c4[C@@H](CCc4ccc(O)cc4[C@H]2CO)C[C@@H](Cc2ccc(NCC)nc2)[C@]1(C)O3)C1CCCC1. The molecule has 0 spiro atoms. The van der Waals surface area contributed by atoms with Crippen LogP contribution in [0.5, 0.6) is 17.2 Å². The van der Waals surface area contributed by atoms with Crippen molar-refractivity contribution in [3.8, 4) is 17.2 Å². The summed E-state index contributed by atoms with van der Waals surface area (Å²) in [6, 6.07) is 12.2. The molecule has 6 atom stereocenters. The number of phenols is 2. The summed E-state index contributed by atoms with van der Waals surface area (Å²) < 4.78 is 20.7. The number of phenolic OH excluding ortho intramolecular Hbond substituents is 2. The van der Waals surface area contributed by atoms with Crippen LogP contribution >= 0.6 is 0 Å². The zero-order valence-corrected chi connectivity index (χ0v) is 36.0. The lowest BCUT2D eigenvalue weighted by atomic mass is 9.67. The van der Waals surface area contributed by atoms with Crippen LogP contribution in [0.2, 0.25) is 0 Å². The van der Waals surface area contributed by atoms with Crippen LogP contribution in [-0.2, 0) is 35.4 Å². The van der Waals surface area contributed by atoms with E-state index in [9.17, 15) is 30.0 Å². The Labute approximate surface area is 366 Å². The van der Waals surface area contributed by atoms with Crippen molar-refractivity contribution < 1.29 is 39.1 Å². The van der Waals surface area contributed by atoms with Crippen molar-refractivity contribution in [3.05, 3.63) is 121 Å². The molecule has 13 nitrogen and oxygen atoms in total. The number of aliphatic hydroxyl groups is 2. The van der Waals surface area contributed by atoms with E-state index in [0.29, 0.717) is 54.7 Å². The normalized spacial score (nSPS) is 24.4. The number of carbonyl (C=O) groups is 1. The van der Waals surface area contributed by atoms with Crippen molar-refractivity contribution in [2.45, 2.75) is 115 Å². The molecule has 2 aliphatic heterocycles. The van der Waals surface area contributed by atoms with Gasteiger partial charge in [0.2, 0.25) is 0 Å². The fraction of sp³-hybridized carbons (Fsp3) is 0.440. The molecule has 2 aliphatic carbocycles. The molecule has 13 heteroatoms. The summed E-state index contributed by atoms with van der Waals surface area (Å²) in [6.07, 6.45) is 10.3. The quantitative estimate of drug-likeness (QED) is 0.0630. The van der Waals surface area contributed by atoms with Gasteiger partial charge in [-0.1, -0.05) is 31.1 Å². The third-order valence-electron chi connectivity index (χ3n) is 14.4. The van der Waals surface area contributed by atoms with Gasteiger partial charge < -0.3 is 45.4 Å². The molecular weight excluding hydrogens is 801 g/mol. The van der Waals surface area contributed by atoms with Gasteiger partial charge in [0, 0.05) is 71.4 Å². The Bertz CT molecular complexity index is 2650. The van der Waals surface area contributed by atoms with Crippen molar-refractivity contribution in [1.82, 2.24) is 9.97 Å². The van der Waals surface area contributed by atoms with Crippen LogP contribution in [0.3, 0.4) is 0 Å². The first-order valence-electron chi connectivity index (χ1n) is 22.3. The van der Waals surface area contributed by atoms with E-state index in [1.807, 2.05) is 57.3 Å². The molecule has 1 saturated carbocycles. The first-order chi connectivity index (χ1) is 30.5. The van der Waals surface area contributed by atoms with Crippen molar-refractivity contribution >= 4 is 28.6 Å². The number of aromatic hydroxyl groups is 2. The summed E-state index contributed by atoms with van der Waals surface area (Å²) in [6.45, 7) is 5.54. The minimum absolute atomic E-state index is 0.00674. The molecule has 7 N–H and O–H groups in total. The van der Waals surface area contributed by atoms with Crippen LogP contribution in [-0.4, -0.2) is 61.2 Å². The number of fused-ring (bicyclic) bond motifs is 5. The average molecular weight is 857 g/mol. The van der Waals surface area contributed by atoms with E-state index in [4.69, 9.17) is 24.6 Å². The molecule has 0 radical (unpaired) electrons. The van der Waals surface area contributed by atoms with E-state index in [2.05, 4.69) is 10.3 Å². The van der Waals surface area contributed by atoms with E-state index >= 15 is 0 Å². The molecule has 4 bridgehead atoms. The first-order valence-corrected chi connectivity index (χ1v) is 22.3. The number of nitrogens with zero attached hydrogens (tertiary/aromatic N) is 2. The fourth-order valence-corrected chi connectivity index (χ4v) is 11.3. The summed E-state index contributed by atoms with van der Waals surface area (Å²) in [5.74, 6) is -1.76. The molecule has 0 saturated heterocycles. The molecule has 2 aromatic carbocycles. The number of allylic oxidation sites excluding steroid dienone is 1. The molecule has 63 heavy (non-hydrogen) atoms. The van der Waals surface area contributed by atoms with Crippen LogP contribution in [0.4, 0.5) is 11.6 Å². The number of hydrogen-bond acceptors (Lipinski definition) is 13. The number of aliphatic hydroxyl groups excluding tert-OH is 2. The Balaban J connectivity index is 1.37. The lowest BCUT2D eigenvalue weighted by Gasteiger charge is -2.49. The Hall–Kier alpha value is -5.92. The number of nitrogens with one attached hydrogen (secondary N) is 1. The molecule has 330 valence electrons. The van der Waals surface area contributed by atoms with Gasteiger partial charge in [0.1, 0.15) is 63.9 Å². The number of anilines is 2. The third kappa shape index (κ3) is 7.38. The Kier molecular flexibility index (Phi) is 11.4. The van der Waals surface area contributed by atoms with Crippen molar-refractivity contribution in [3.63, 3.8) is 0 Å². The molecular formula is C50H56N4O9. The maximum absolute atomic E-state index is 14.6. The molecule has 0 unspecified atom stereocenters. The zero-order chi connectivity index (χ0) is 44.2. The molecule has 4 aliphatic rings. The van der Waals surface area contributed by atoms with Gasteiger partial charge in [-0.2, -0.15) is 0 Å². The van der Waals surface area contributed by atoms with Crippen LogP contribution in [0, 0.1) is 11.8 Å². The van der Waals surface area contributed by atoms with Crippen molar-refractivity contribution in [1.29, 1.82) is 0 Å². The number of rotatable bonds is 9. The number of esters is 1. The second kappa shape index (κ2) is 17.0. The van der Waals surface area contributed by atoms with Gasteiger partial charge in [0.15, 0.2) is 5.43 Å². The van der Waals surface area contributed by atoms with Crippen LogP contribution in [0.1, 0.15) is 122 Å². The molecule has 5 aromatic rings. The van der Waals surface area contributed by atoms with E-state index in [1.165, 1.54) is 0 Å². The summed E-state index contributed by atoms with van der Waals surface area (Å²) in [5, 5.41) is 48.6. The zero-order valence-electron chi connectivity index (χ0n) is 36.0. The smallest absolute Gasteiger partial charge is 0.334 e. The summed E-state index contributed by atoms with van der Waals surface area (Å²) >= 11 is 0. The van der Waals surface area contributed by atoms with Crippen LogP contribution in [0.25, 0.3) is 11.0 Å². The third-order valence-corrected chi connectivity index (χ3v) is 14.4. The van der Waals surface area contributed by atoms with Gasteiger partial charge >= 0.3 is 5.97 Å². The predicted octanol–water partition coefficient (Wildman–Crippen LogP) is 7.44. The van der Waals surface area contributed by atoms with Gasteiger partial charge in [-0.3, -0.25) is 4.79 Å². The van der Waals surface area contributed by atoms with E-state index in [-0.39, 0.29) is 63.7 Å². The highest BCUT2D eigenvalue weighted by atomic mass is 16.6. The van der Waals surface area contributed by atoms with Gasteiger partial charge in [-0.05, 0) is 118 Å². The molecule has 5 heterocycles. The molecule has 0 amide bonds. The highest BCUT2D eigenvalue weighted by molar-refractivity contribution is 5.92. The van der Waals surface area contributed by atoms with Gasteiger partial charge in [0.25, 0.3) is 0 Å². The minimum Gasteiger partial charge on any atom is -0.508 e. The maximum Gasteiger partial charge on any atom is 0.334 e. The molecule has 9 rings (SSSR count). The summed E-state index contributed by atoms with van der Waals surface area (Å²) in [7, 11) is 0. The molecule has 1 fully saturated rings. The van der Waals surface area contributed by atoms with Crippen molar-refractivity contribution in [2.24, 2.45) is 11.8 Å². The van der Waals surface area contributed by atoms with Gasteiger partial charge in [-0.15, -0.1) is 0 Å². The van der Waals surface area contributed by atoms with Crippen molar-refractivity contribution in [2.75, 3.05) is 24.2 Å². The van der Waals surface area contributed by atoms with E-state index < -0.39 is 48.2 Å². The molecule has 3 aromatic heterocycles. The van der Waals surface area contributed by atoms with Gasteiger partial charge in [-0.25, -0.2) is 14.8 Å². The Morgan fingerprint density at radius 1 is 1.05 bits per heavy atom. The van der Waals surface area contributed by atoms with Crippen LogP contribution in [0.15, 0.2) is 75.7 Å². The predicted molar refractivity (Wildman–Crippen MR) is 238 cm³/mol. The second-order valence-electron chi connectivity index (χ2n) is 17.9. The monoisotopic (exact) mass is 856 g/mol. The topological polar surface area (TPSA) is 210 Å².